The number of hydrogen-bond acceptors (Lipinski definition) is 2. The highest BCUT2D eigenvalue weighted by Gasteiger charge is 2.19. The van der Waals surface area contributed by atoms with Crippen LogP contribution in [0.2, 0.25) is 0 Å². The summed E-state index contributed by atoms with van der Waals surface area (Å²) in [5.41, 5.74) is 0.529. The second kappa shape index (κ2) is 6.00. The first-order valence-electron chi connectivity index (χ1n) is 5.45. The molecule has 0 aliphatic heterocycles. The highest BCUT2D eigenvalue weighted by atomic mass is 19.1. The Bertz CT molecular complexity index is 433. The molecule has 1 aromatic rings. The SMILES string of the molecule is CCN(C(=O)N(C)CC(=O)O)c1ccc(F)cc1. The molecule has 0 saturated carbocycles. The number of nitrogens with zero attached hydrogens (tertiary/aromatic N) is 2. The summed E-state index contributed by atoms with van der Waals surface area (Å²) in [5, 5.41) is 8.63. The quantitative estimate of drug-likeness (QED) is 0.891. The standard InChI is InChI=1S/C12H15FN2O3/c1-3-15(10-6-4-9(13)5-7-10)12(18)14(2)8-11(16)17/h4-7H,3,8H2,1-2H3,(H,16,17). The molecule has 5 nitrogen and oxygen atoms in total. The molecule has 1 aromatic carbocycles. The molecule has 0 heterocycles. The van der Waals surface area contributed by atoms with Crippen LogP contribution >= 0.6 is 0 Å². The molecule has 0 spiro atoms. The van der Waals surface area contributed by atoms with Crippen LogP contribution in [0.25, 0.3) is 0 Å². The summed E-state index contributed by atoms with van der Waals surface area (Å²) < 4.78 is 12.8. The van der Waals surface area contributed by atoms with Gasteiger partial charge in [0, 0.05) is 19.3 Å². The lowest BCUT2D eigenvalue weighted by Gasteiger charge is -2.26. The number of rotatable bonds is 4. The number of likely N-dealkylation sites (N-methyl/N-ethyl adjacent to an activating group) is 1. The third-order valence-electron chi connectivity index (χ3n) is 2.38. The Kier molecular flexibility index (Phi) is 4.65. The normalized spacial score (nSPS) is 9.94. The average Bonchev–Trinajstić information content (AvgIpc) is 2.31. The van der Waals surface area contributed by atoms with Crippen molar-refractivity contribution in [1.29, 1.82) is 0 Å². The van der Waals surface area contributed by atoms with E-state index in [1.165, 1.54) is 36.2 Å². The van der Waals surface area contributed by atoms with Gasteiger partial charge in [0.1, 0.15) is 12.4 Å². The monoisotopic (exact) mass is 254 g/mol. The van der Waals surface area contributed by atoms with Crippen LogP contribution in [-0.4, -0.2) is 42.1 Å². The van der Waals surface area contributed by atoms with Crippen molar-refractivity contribution in [2.45, 2.75) is 6.92 Å². The molecule has 18 heavy (non-hydrogen) atoms. The van der Waals surface area contributed by atoms with E-state index in [2.05, 4.69) is 0 Å². The maximum absolute atomic E-state index is 12.8. The van der Waals surface area contributed by atoms with E-state index in [0.717, 1.165) is 4.90 Å². The predicted molar refractivity (Wildman–Crippen MR) is 65.1 cm³/mol. The van der Waals surface area contributed by atoms with Crippen molar-refractivity contribution in [2.75, 3.05) is 25.0 Å². The van der Waals surface area contributed by atoms with E-state index in [9.17, 15) is 14.0 Å². The van der Waals surface area contributed by atoms with Crippen LogP contribution < -0.4 is 4.90 Å². The maximum atomic E-state index is 12.8. The number of hydrogen-bond donors (Lipinski definition) is 1. The van der Waals surface area contributed by atoms with Crippen molar-refractivity contribution in [3.05, 3.63) is 30.1 Å². The van der Waals surface area contributed by atoms with E-state index in [-0.39, 0.29) is 12.4 Å². The van der Waals surface area contributed by atoms with Crippen molar-refractivity contribution in [2.24, 2.45) is 0 Å². The Balaban J connectivity index is 2.86. The Morgan fingerprint density at radius 1 is 1.28 bits per heavy atom. The van der Waals surface area contributed by atoms with E-state index in [1.807, 2.05) is 0 Å². The minimum absolute atomic E-state index is 0.369. The van der Waals surface area contributed by atoms with Crippen LogP contribution in [0.15, 0.2) is 24.3 Å². The van der Waals surface area contributed by atoms with Gasteiger partial charge in [-0.15, -0.1) is 0 Å². The van der Waals surface area contributed by atoms with E-state index >= 15 is 0 Å². The molecular weight excluding hydrogens is 239 g/mol. The van der Waals surface area contributed by atoms with E-state index < -0.39 is 12.0 Å². The number of halogens is 1. The van der Waals surface area contributed by atoms with Crippen molar-refractivity contribution in [3.63, 3.8) is 0 Å². The van der Waals surface area contributed by atoms with Gasteiger partial charge in [0.05, 0.1) is 0 Å². The molecule has 0 aliphatic carbocycles. The molecule has 0 radical (unpaired) electrons. The summed E-state index contributed by atoms with van der Waals surface area (Å²) in [7, 11) is 1.41. The highest BCUT2D eigenvalue weighted by Crippen LogP contribution is 2.16. The van der Waals surface area contributed by atoms with Crippen molar-refractivity contribution < 1.29 is 19.1 Å². The number of benzene rings is 1. The molecular formula is C12H15FN2O3. The Hall–Kier alpha value is -2.11. The van der Waals surface area contributed by atoms with E-state index in [1.54, 1.807) is 6.92 Å². The first kappa shape index (κ1) is 14.0. The molecule has 6 heteroatoms. The maximum Gasteiger partial charge on any atom is 0.324 e. The number of amides is 2. The fourth-order valence-corrected chi connectivity index (χ4v) is 1.53. The lowest BCUT2D eigenvalue weighted by atomic mass is 10.3. The summed E-state index contributed by atoms with van der Waals surface area (Å²) in [4.78, 5) is 25.0. The average molecular weight is 254 g/mol. The Morgan fingerprint density at radius 2 is 1.83 bits per heavy atom. The number of carboxylic acid groups (broad SMARTS) is 1. The van der Waals surface area contributed by atoms with Crippen LogP contribution in [-0.2, 0) is 4.79 Å². The van der Waals surface area contributed by atoms with E-state index in [0.29, 0.717) is 12.2 Å². The number of aliphatic carboxylic acids is 1. The second-order valence-corrected chi connectivity index (χ2v) is 3.75. The van der Waals surface area contributed by atoms with Gasteiger partial charge < -0.3 is 10.0 Å². The zero-order valence-corrected chi connectivity index (χ0v) is 10.3. The summed E-state index contributed by atoms with van der Waals surface area (Å²) >= 11 is 0. The number of carbonyl (C=O) groups excluding carboxylic acids is 1. The van der Waals surface area contributed by atoms with Crippen LogP contribution in [0, 0.1) is 5.82 Å². The molecule has 2 amide bonds. The highest BCUT2D eigenvalue weighted by molar-refractivity contribution is 5.93. The molecule has 0 fully saturated rings. The van der Waals surface area contributed by atoms with Gasteiger partial charge >= 0.3 is 12.0 Å². The largest absolute Gasteiger partial charge is 0.480 e. The number of carbonyl (C=O) groups is 2. The van der Waals surface area contributed by atoms with Crippen LogP contribution in [0.4, 0.5) is 14.9 Å². The summed E-state index contributed by atoms with van der Waals surface area (Å²) in [6.45, 7) is 1.75. The van der Waals surface area contributed by atoms with Gasteiger partial charge in [0.15, 0.2) is 0 Å². The van der Waals surface area contributed by atoms with Gasteiger partial charge in [-0.05, 0) is 31.2 Å². The van der Waals surface area contributed by atoms with Gasteiger partial charge in [-0.3, -0.25) is 9.69 Å². The van der Waals surface area contributed by atoms with E-state index in [4.69, 9.17) is 5.11 Å². The molecule has 0 bridgehead atoms. The summed E-state index contributed by atoms with van der Waals surface area (Å²) in [6.07, 6.45) is 0. The third-order valence-corrected chi connectivity index (χ3v) is 2.38. The zero-order valence-electron chi connectivity index (χ0n) is 10.3. The van der Waals surface area contributed by atoms with Crippen molar-refractivity contribution in [3.8, 4) is 0 Å². The lowest BCUT2D eigenvalue weighted by molar-refractivity contribution is -0.137. The predicted octanol–water partition coefficient (Wildman–Crippen LogP) is 1.79. The molecule has 98 valence electrons. The van der Waals surface area contributed by atoms with Crippen molar-refractivity contribution >= 4 is 17.7 Å². The zero-order chi connectivity index (χ0) is 13.7. The third kappa shape index (κ3) is 3.44. The Morgan fingerprint density at radius 3 is 2.28 bits per heavy atom. The van der Waals surface area contributed by atoms with Gasteiger partial charge in [-0.25, -0.2) is 9.18 Å². The molecule has 0 atom stereocenters. The van der Waals surface area contributed by atoms with Crippen LogP contribution in [0.3, 0.4) is 0 Å². The van der Waals surface area contributed by atoms with Crippen LogP contribution in [0.1, 0.15) is 6.92 Å². The number of anilines is 1. The minimum atomic E-state index is -1.08. The lowest BCUT2D eigenvalue weighted by Crippen LogP contribution is -2.43. The van der Waals surface area contributed by atoms with Gasteiger partial charge in [-0.1, -0.05) is 0 Å². The molecule has 1 rings (SSSR count). The summed E-state index contributed by atoms with van der Waals surface area (Å²) in [5.74, 6) is -1.47. The number of carboxylic acids is 1. The van der Waals surface area contributed by atoms with Gasteiger partial charge in [-0.2, -0.15) is 0 Å². The topological polar surface area (TPSA) is 60.9 Å². The first-order chi connectivity index (χ1) is 8.45. The molecule has 0 aliphatic rings. The molecule has 1 N–H and O–H groups in total. The number of urea groups is 1. The van der Waals surface area contributed by atoms with Gasteiger partial charge in [0.2, 0.25) is 0 Å². The second-order valence-electron chi connectivity index (χ2n) is 3.75. The van der Waals surface area contributed by atoms with Gasteiger partial charge in [0.25, 0.3) is 0 Å². The molecule has 0 unspecified atom stereocenters. The molecule has 0 saturated heterocycles. The Labute approximate surface area is 104 Å². The smallest absolute Gasteiger partial charge is 0.324 e. The van der Waals surface area contributed by atoms with Crippen LogP contribution in [0.5, 0.6) is 0 Å². The molecule has 0 aromatic heterocycles. The first-order valence-corrected chi connectivity index (χ1v) is 5.45. The minimum Gasteiger partial charge on any atom is -0.480 e. The van der Waals surface area contributed by atoms with Crippen molar-refractivity contribution in [1.82, 2.24) is 4.90 Å². The fraction of sp³-hybridized carbons (Fsp3) is 0.333. The summed E-state index contributed by atoms with van der Waals surface area (Å²) in [6, 6.07) is 5.02. The fourth-order valence-electron chi connectivity index (χ4n) is 1.53.